The van der Waals surface area contributed by atoms with Gasteiger partial charge in [0.2, 0.25) is 0 Å². The Morgan fingerprint density at radius 1 is 1.43 bits per heavy atom. The van der Waals surface area contributed by atoms with Crippen molar-refractivity contribution >= 4 is 11.9 Å². The summed E-state index contributed by atoms with van der Waals surface area (Å²) in [5.41, 5.74) is 1.02. The molecule has 0 amide bonds. The van der Waals surface area contributed by atoms with Crippen LogP contribution in [0.4, 0.5) is 0 Å². The monoisotopic (exact) mass is 198 g/mol. The molecule has 0 aliphatic heterocycles. The number of ether oxygens (including phenoxy) is 2. The van der Waals surface area contributed by atoms with Crippen molar-refractivity contribution in [3.63, 3.8) is 0 Å². The normalized spacial score (nSPS) is 20.1. The third kappa shape index (κ3) is 3.60. The maximum atomic E-state index is 10.6. The predicted octanol–water partition coefficient (Wildman–Crippen LogP) is 1.20. The molecule has 0 radical (unpaired) electrons. The van der Waals surface area contributed by atoms with E-state index >= 15 is 0 Å². The smallest absolute Gasteiger partial charge is 0.303 e. The summed E-state index contributed by atoms with van der Waals surface area (Å²) < 4.78 is 9.82. The van der Waals surface area contributed by atoms with Gasteiger partial charge >= 0.3 is 11.9 Å². The highest BCUT2D eigenvalue weighted by Crippen LogP contribution is 2.21. The maximum Gasteiger partial charge on any atom is 0.303 e. The average Bonchev–Trinajstić information content (AvgIpc) is 2.47. The van der Waals surface area contributed by atoms with Crippen molar-refractivity contribution in [2.24, 2.45) is 0 Å². The highest BCUT2D eigenvalue weighted by atomic mass is 16.5. The molecule has 1 aliphatic carbocycles. The number of rotatable bonds is 3. The lowest BCUT2D eigenvalue weighted by atomic mass is 10.2. The van der Waals surface area contributed by atoms with Crippen LogP contribution in [0.2, 0.25) is 0 Å². The lowest BCUT2D eigenvalue weighted by Crippen LogP contribution is -2.10. The molecule has 0 N–H and O–H groups in total. The van der Waals surface area contributed by atoms with Crippen LogP contribution in [0.25, 0.3) is 0 Å². The van der Waals surface area contributed by atoms with Gasteiger partial charge in [-0.3, -0.25) is 9.59 Å². The predicted molar refractivity (Wildman–Crippen MR) is 49.5 cm³/mol. The Hall–Kier alpha value is -1.32. The van der Waals surface area contributed by atoms with Gasteiger partial charge in [0.1, 0.15) is 12.7 Å². The Morgan fingerprint density at radius 3 is 2.71 bits per heavy atom. The van der Waals surface area contributed by atoms with Gasteiger partial charge in [0.15, 0.2) is 0 Å². The summed E-state index contributed by atoms with van der Waals surface area (Å²) in [5.74, 6) is -0.568. The van der Waals surface area contributed by atoms with Crippen molar-refractivity contribution in [1.82, 2.24) is 0 Å². The van der Waals surface area contributed by atoms with E-state index in [4.69, 9.17) is 9.47 Å². The van der Waals surface area contributed by atoms with E-state index in [2.05, 4.69) is 0 Å². The third-order valence-corrected chi connectivity index (χ3v) is 1.95. The fourth-order valence-corrected chi connectivity index (χ4v) is 1.38. The summed E-state index contributed by atoms with van der Waals surface area (Å²) >= 11 is 0. The molecule has 0 aromatic rings. The molecular weight excluding hydrogens is 184 g/mol. The summed E-state index contributed by atoms with van der Waals surface area (Å²) in [7, 11) is 0. The molecule has 4 heteroatoms. The first-order valence-electron chi connectivity index (χ1n) is 4.58. The van der Waals surface area contributed by atoms with Gasteiger partial charge in [-0.1, -0.05) is 0 Å². The van der Waals surface area contributed by atoms with Gasteiger partial charge in [-0.2, -0.15) is 0 Å². The van der Waals surface area contributed by atoms with Crippen LogP contribution in [0.1, 0.15) is 26.7 Å². The zero-order valence-electron chi connectivity index (χ0n) is 8.41. The largest absolute Gasteiger partial charge is 0.461 e. The van der Waals surface area contributed by atoms with Crippen LogP contribution in [0.3, 0.4) is 0 Å². The number of carbonyl (C=O) groups excluding carboxylic acids is 2. The minimum Gasteiger partial charge on any atom is -0.461 e. The average molecular weight is 198 g/mol. The van der Waals surface area contributed by atoms with E-state index in [0.717, 1.165) is 18.4 Å². The molecule has 14 heavy (non-hydrogen) atoms. The van der Waals surface area contributed by atoms with E-state index in [-0.39, 0.29) is 18.0 Å². The number of esters is 2. The Kier molecular flexibility index (Phi) is 3.68. The molecule has 0 spiro atoms. The molecule has 0 bridgehead atoms. The fourth-order valence-electron chi connectivity index (χ4n) is 1.38. The molecule has 1 rings (SSSR count). The lowest BCUT2D eigenvalue weighted by Gasteiger charge is -2.05. The zero-order valence-corrected chi connectivity index (χ0v) is 8.41. The SMILES string of the molecule is CC(=O)OCC1=CC(OC(C)=O)CC1. The summed E-state index contributed by atoms with van der Waals surface area (Å²) in [6.45, 7) is 3.07. The molecule has 1 unspecified atom stereocenters. The number of hydrogen-bond donors (Lipinski definition) is 0. The molecule has 0 saturated heterocycles. The van der Waals surface area contributed by atoms with E-state index in [1.165, 1.54) is 13.8 Å². The van der Waals surface area contributed by atoms with Gasteiger partial charge < -0.3 is 9.47 Å². The third-order valence-electron chi connectivity index (χ3n) is 1.95. The number of carbonyl (C=O) groups is 2. The van der Waals surface area contributed by atoms with Gasteiger partial charge in [-0.05, 0) is 24.5 Å². The first-order chi connectivity index (χ1) is 6.58. The molecule has 0 aromatic heterocycles. The molecule has 0 fully saturated rings. The van der Waals surface area contributed by atoms with Crippen LogP contribution in [-0.4, -0.2) is 24.6 Å². The summed E-state index contributed by atoms with van der Waals surface area (Å²) in [6.07, 6.45) is 3.32. The van der Waals surface area contributed by atoms with E-state index in [1.54, 1.807) is 0 Å². The molecule has 4 nitrogen and oxygen atoms in total. The van der Waals surface area contributed by atoms with Gasteiger partial charge in [0.05, 0.1) is 0 Å². The molecule has 0 heterocycles. The summed E-state index contributed by atoms with van der Waals surface area (Å²) in [6, 6.07) is 0. The van der Waals surface area contributed by atoms with Crippen molar-refractivity contribution in [3.8, 4) is 0 Å². The Morgan fingerprint density at radius 2 is 2.14 bits per heavy atom. The van der Waals surface area contributed by atoms with Crippen LogP contribution in [0.15, 0.2) is 11.6 Å². The van der Waals surface area contributed by atoms with Crippen molar-refractivity contribution in [1.29, 1.82) is 0 Å². The van der Waals surface area contributed by atoms with Crippen LogP contribution >= 0.6 is 0 Å². The fraction of sp³-hybridized carbons (Fsp3) is 0.600. The van der Waals surface area contributed by atoms with Crippen molar-refractivity contribution in [2.45, 2.75) is 32.8 Å². The zero-order chi connectivity index (χ0) is 10.6. The molecule has 0 aromatic carbocycles. The van der Waals surface area contributed by atoms with Crippen molar-refractivity contribution in [2.75, 3.05) is 6.61 Å². The minimum atomic E-state index is -0.290. The van der Waals surface area contributed by atoms with Gasteiger partial charge in [0.25, 0.3) is 0 Å². The molecule has 1 aliphatic rings. The topological polar surface area (TPSA) is 52.6 Å². The van der Waals surface area contributed by atoms with Gasteiger partial charge in [-0.25, -0.2) is 0 Å². The first kappa shape index (κ1) is 10.8. The molecular formula is C10H14O4. The van der Waals surface area contributed by atoms with E-state index in [1.807, 2.05) is 6.08 Å². The van der Waals surface area contributed by atoms with Crippen LogP contribution in [0, 0.1) is 0 Å². The second-order valence-electron chi connectivity index (χ2n) is 3.29. The van der Waals surface area contributed by atoms with E-state index in [0.29, 0.717) is 6.61 Å². The summed E-state index contributed by atoms with van der Waals surface area (Å²) in [5, 5.41) is 0. The molecule has 78 valence electrons. The second-order valence-corrected chi connectivity index (χ2v) is 3.29. The van der Waals surface area contributed by atoms with Gasteiger partial charge in [-0.15, -0.1) is 0 Å². The Balaban J connectivity index is 2.34. The van der Waals surface area contributed by atoms with Crippen LogP contribution in [0.5, 0.6) is 0 Å². The Bertz CT molecular complexity index is 267. The van der Waals surface area contributed by atoms with E-state index in [9.17, 15) is 9.59 Å². The quantitative estimate of drug-likeness (QED) is 0.505. The first-order valence-corrected chi connectivity index (χ1v) is 4.58. The second kappa shape index (κ2) is 4.79. The standard InChI is InChI=1S/C10H14O4/c1-7(11)13-6-9-3-4-10(5-9)14-8(2)12/h5,10H,3-4,6H2,1-2H3. The van der Waals surface area contributed by atoms with E-state index < -0.39 is 0 Å². The highest BCUT2D eigenvalue weighted by molar-refractivity contribution is 5.66. The highest BCUT2D eigenvalue weighted by Gasteiger charge is 2.18. The van der Waals surface area contributed by atoms with Crippen molar-refractivity contribution < 1.29 is 19.1 Å². The van der Waals surface area contributed by atoms with Crippen LogP contribution in [-0.2, 0) is 19.1 Å². The molecule has 1 atom stereocenters. The maximum absolute atomic E-state index is 10.6. The molecule has 0 saturated carbocycles. The minimum absolute atomic E-state index is 0.141. The summed E-state index contributed by atoms with van der Waals surface area (Å²) in [4.78, 5) is 21.2. The lowest BCUT2D eigenvalue weighted by molar-refractivity contribution is -0.144. The number of hydrogen-bond acceptors (Lipinski definition) is 4. The van der Waals surface area contributed by atoms with Gasteiger partial charge in [0, 0.05) is 13.8 Å². The van der Waals surface area contributed by atoms with Crippen LogP contribution < -0.4 is 0 Å². The van der Waals surface area contributed by atoms with Crippen molar-refractivity contribution in [3.05, 3.63) is 11.6 Å². The Labute approximate surface area is 82.9 Å².